The lowest BCUT2D eigenvalue weighted by atomic mass is 10.4. The number of rotatable bonds is 29. The zero-order valence-electron chi connectivity index (χ0n) is 30.8. The highest BCUT2D eigenvalue weighted by Gasteiger charge is 2.54. The fourth-order valence-corrected chi connectivity index (χ4v) is 25.8. The van der Waals surface area contributed by atoms with Gasteiger partial charge in [0.05, 0.1) is 9.52 Å². The van der Waals surface area contributed by atoms with Crippen molar-refractivity contribution in [1.82, 2.24) is 9.80 Å². The van der Waals surface area contributed by atoms with Gasteiger partial charge in [-0.2, -0.15) is 0 Å². The SMILES string of the molecule is CCO[Si](CCCN(C)C([Si]CC[Si](C)(C)O[Si](C)(C)C(C)[Si](OC)(OC)OC)N(C)CCC[Si](OCC)OCC)OCC. The van der Waals surface area contributed by atoms with Crippen molar-refractivity contribution >= 4 is 53.5 Å². The van der Waals surface area contributed by atoms with Gasteiger partial charge >= 0.3 is 27.4 Å². The van der Waals surface area contributed by atoms with E-state index < -0.39 is 44.0 Å². The molecule has 0 aromatic rings. The van der Waals surface area contributed by atoms with Crippen LogP contribution in [0.3, 0.4) is 0 Å². The van der Waals surface area contributed by atoms with E-state index in [4.69, 9.17) is 35.1 Å². The van der Waals surface area contributed by atoms with E-state index in [1.165, 1.54) is 0 Å². The first-order valence-corrected chi connectivity index (χ1v) is 28.7. The summed E-state index contributed by atoms with van der Waals surface area (Å²) in [5.74, 6) is 0.379. The summed E-state index contributed by atoms with van der Waals surface area (Å²) in [7, 11) is 1.17. The molecular formula is C28H68N2O8Si6. The first kappa shape index (κ1) is 44.9. The maximum atomic E-state index is 7.08. The largest absolute Gasteiger partial charge is 0.502 e. The molecule has 0 aliphatic rings. The van der Waals surface area contributed by atoms with Gasteiger partial charge in [-0.15, -0.1) is 0 Å². The molecule has 10 nitrogen and oxygen atoms in total. The van der Waals surface area contributed by atoms with E-state index in [1.807, 2.05) is 0 Å². The maximum absolute atomic E-state index is 7.08. The Kier molecular flexibility index (Phi) is 24.6. The molecule has 0 bridgehead atoms. The summed E-state index contributed by atoms with van der Waals surface area (Å²) in [4.78, 5) is 5.08. The lowest BCUT2D eigenvalue weighted by Gasteiger charge is -2.42. The second kappa shape index (κ2) is 24.1. The Hall–Kier alpha value is 0.901. The van der Waals surface area contributed by atoms with Crippen LogP contribution in [0.2, 0.25) is 55.5 Å². The Balaban J connectivity index is 5.45. The first-order valence-electron chi connectivity index (χ1n) is 16.4. The number of hydrogen-bond acceptors (Lipinski definition) is 10. The third kappa shape index (κ3) is 16.8. The van der Waals surface area contributed by atoms with Crippen LogP contribution >= 0.6 is 0 Å². The van der Waals surface area contributed by atoms with Crippen molar-refractivity contribution in [2.45, 2.75) is 109 Å². The third-order valence-corrected chi connectivity index (χ3v) is 27.9. The highest BCUT2D eigenvalue weighted by atomic mass is 28.5. The van der Waals surface area contributed by atoms with E-state index in [0.717, 1.165) is 86.1 Å². The molecule has 0 saturated carbocycles. The van der Waals surface area contributed by atoms with E-state index in [9.17, 15) is 0 Å². The standard InChI is InChI=1S/C28H68N2O8Si6/c1-15-34-40(35-16-2)24-19-21-29(6)28(30(7)22-20-25-41(36-17-3)37-18-4)39-23-26-42(11,12)38-43(13,14)27(5)44(31-8,32-9)33-10/h27-28H,15-26H2,1-14H3. The van der Waals surface area contributed by atoms with Gasteiger partial charge in [-0.3, -0.25) is 9.80 Å². The van der Waals surface area contributed by atoms with Crippen molar-refractivity contribution in [2.75, 3.05) is 74.9 Å². The minimum atomic E-state index is -2.78. The Morgan fingerprint density at radius 1 is 0.682 bits per heavy atom. The average Bonchev–Trinajstić information content (AvgIpc) is 2.96. The van der Waals surface area contributed by atoms with E-state index in [1.54, 1.807) is 21.3 Å². The van der Waals surface area contributed by atoms with Gasteiger partial charge in [0.1, 0.15) is 0 Å². The monoisotopic (exact) mass is 728 g/mol. The summed E-state index contributed by atoms with van der Waals surface area (Å²) in [6, 6.07) is 4.29. The molecule has 0 N–H and O–H groups in total. The zero-order chi connectivity index (χ0) is 33.8. The zero-order valence-corrected chi connectivity index (χ0v) is 36.8. The molecule has 16 heteroatoms. The minimum absolute atomic E-state index is 0.133. The Morgan fingerprint density at radius 3 is 1.41 bits per heavy atom. The molecule has 0 aromatic heterocycles. The second-order valence-corrected chi connectivity index (χ2v) is 30.0. The summed E-state index contributed by atoms with van der Waals surface area (Å²) in [5.41, 5.74) is 0. The Morgan fingerprint density at radius 2 is 1.07 bits per heavy atom. The molecule has 1 atom stereocenters. The molecule has 0 heterocycles. The molecule has 0 aliphatic heterocycles. The third-order valence-electron chi connectivity index (χ3n) is 7.86. The van der Waals surface area contributed by atoms with Gasteiger partial charge in [-0.05, 0) is 112 Å². The highest BCUT2D eigenvalue weighted by Crippen LogP contribution is 2.36. The molecule has 0 rings (SSSR count). The fraction of sp³-hybridized carbons (Fsp3) is 1.00. The molecule has 0 aliphatic carbocycles. The molecule has 4 radical (unpaired) electrons. The summed E-state index contributed by atoms with van der Waals surface area (Å²) in [6.45, 7) is 24.6. The van der Waals surface area contributed by atoms with Crippen LogP contribution in [-0.2, 0) is 35.1 Å². The van der Waals surface area contributed by atoms with Crippen molar-refractivity contribution in [3.8, 4) is 0 Å². The van der Waals surface area contributed by atoms with E-state index >= 15 is 0 Å². The molecular weight excluding hydrogens is 661 g/mol. The second-order valence-electron chi connectivity index (χ2n) is 12.1. The van der Waals surface area contributed by atoms with Crippen LogP contribution < -0.4 is 0 Å². The van der Waals surface area contributed by atoms with Crippen molar-refractivity contribution in [2.24, 2.45) is 0 Å². The molecule has 1 unspecified atom stereocenters. The fourth-order valence-electron chi connectivity index (χ4n) is 5.41. The molecule has 0 saturated heterocycles. The van der Waals surface area contributed by atoms with E-state index in [0.29, 0.717) is 5.79 Å². The highest BCUT2D eigenvalue weighted by molar-refractivity contribution is 6.93. The Bertz CT molecular complexity index is 667. The van der Waals surface area contributed by atoms with Crippen LogP contribution in [0.4, 0.5) is 0 Å². The summed E-state index contributed by atoms with van der Waals surface area (Å²) < 4.78 is 48.2. The van der Waals surface area contributed by atoms with Gasteiger partial charge in [0.25, 0.3) is 0 Å². The predicted molar refractivity (Wildman–Crippen MR) is 194 cm³/mol. The molecule has 262 valence electrons. The normalized spacial score (nSPS) is 14.2. The number of nitrogens with zero attached hydrogens (tertiary/aromatic N) is 2. The van der Waals surface area contributed by atoms with Crippen LogP contribution in [0.1, 0.15) is 47.5 Å². The van der Waals surface area contributed by atoms with Crippen molar-refractivity contribution in [3.63, 3.8) is 0 Å². The van der Waals surface area contributed by atoms with Gasteiger partial charge < -0.3 is 35.1 Å². The lowest BCUT2D eigenvalue weighted by Crippen LogP contribution is -2.59. The van der Waals surface area contributed by atoms with E-state index in [-0.39, 0.29) is 5.16 Å². The van der Waals surface area contributed by atoms with Crippen LogP contribution in [0, 0.1) is 0 Å². The molecule has 0 aromatic carbocycles. The maximum Gasteiger partial charge on any atom is 0.502 e. The lowest BCUT2D eigenvalue weighted by molar-refractivity contribution is 0.119. The minimum Gasteiger partial charge on any atom is -0.455 e. The summed E-state index contributed by atoms with van der Waals surface area (Å²) in [6.07, 6.45) is 2.15. The first-order chi connectivity index (χ1) is 20.7. The van der Waals surface area contributed by atoms with Crippen LogP contribution in [0.25, 0.3) is 0 Å². The quantitative estimate of drug-likeness (QED) is 0.0739. The van der Waals surface area contributed by atoms with Gasteiger partial charge in [0.15, 0.2) is 16.6 Å². The predicted octanol–water partition coefficient (Wildman–Crippen LogP) is 5.39. The van der Waals surface area contributed by atoms with Crippen molar-refractivity contribution in [3.05, 3.63) is 0 Å². The van der Waals surface area contributed by atoms with Crippen LogP contribution in [-0.4, -0.2) is 144 Å². The van der Waals surface area contributed by atoms with Gasteiger partial charge in [-0.1, -0.05) is 13.0 Å². The Labute approximate surface area is 281 Å². The average molecular weight is 729 g/mol. The van der Waals surface area contributed by atoms with Crippen LogP contribution in [0.5, 0.6) is 0 Å². The van der Waals surface area contributed by atoms with Crippen molar-refractivity contribution < 1.29 is 35.1 Å². The summed E-state index contributed by atoms with van der Waals surface area (Å²) in [5, 5.41) is 0.133. The summed E-state index contributed by atoms with van der Waals surface area (Å²) >= 11 is 0. The van der Waals surface area contributed by atoms with Gasteiger partial charge in [0.2, 0.25) is 0 Å². The molecule has 0 amide bonds. The molecule has 0 fully saturated rings. The van der Waals surface area contributed by atoms with Crippen LogP contribution in [0.15, 0.2) is 0 Å². The van der Waals surface area contributed by atoms with Gasteiger partial charge in [-0.25, -0.2) is 0 Å². The smallest absolute Gasteiger partial charge is 0.455 e. The van der Waals surface area contributed by atoms with Gasteiger partial charge in [0, 0.05) is 58.7 Å². The van der Waals surface area contributed by atoms with E-state index in [2.05, 4.69) is 84.7 Å². The molecule has 44 heavy (non-hydrogen) atoms. The topological polar surface area (TPSA) is 80.3 Å². The van der Waals surface area contributed by atoms with Crippen molar-refractivity contribution in [1.29, 1.82) is 0 Å². The number of hydrogen-bond donors (Lipinski definition) is 0. The molecule has 0 spiro atoms.